The lowest BCUT2D eigenvalue weighted by Crippen LogP contribution is -2.68. The fourth-order valence-corrected chi connectivity index (χ4v) is 11.0. The molecule has 0 radical (unpaired) electrons. The molecule has 6 aliphatic rings. The van der Waals surface area contributed by atoms with Crippen LogP contribution >= 0.6 is 0 Å². The molecular formula is C51H54FN13O4. The maximum atomic E-state index is 15.3. The number of rotatable bonds is 12. The summed E-state index contributed by atoms with van der Waals surface area (Å²) in [7, 11) is 1.68. The van der Waals surface area contributed by atoms with Crippen LogP contribution in [-0.4, -0.2) is 133 Å². The summed E-state index contributed by atoms with van der Waals surface area (Å²) in [5.74, 6) is 0.912. The summed E-state index contributed by atoms with van der Waals surface area (Å²) in [6.45, 7) is 5.61. The molecule has 17 nitrogen and oxygen atoms in total. The van der Waals surface area contributed by atoms with Gasteiger partial charge in [-0.25, -0.2) is 13.9 Å². The zero-order valence-electron chi connectivity index (χ0n) is 38.5. The van der Waals surface area contributed by atoms with E-state index in [1.807, 2.05) is 40.3 Å². The normalized spacial score (nSPS) is 21.5. The van der Waals surface area contributed by atoms with Crippen molar-refractivity contribution in [3.8, 4) is 34.1 Å². The van der Waals surface area contributed by atoms with Gasteiger partial charge in [-0.1, -0.05) is 6.07 Å². The molecule has 11 heterocycles. The Hall–Kier alpha value is -7.23. The fraction of sp³-hybridized carbons (Fsp3) is 0.412. The van der Waals surface area contributed by atoms with Gasteiger partial charge >= 0.3 is 0 Å². The molecule has 6 aromatic rings. The van der Waals surface area contributed by atoms with Gasteiger partial charge in [-0.2, -0.15) is 15.5 Å². The van der Waals surface area contributed by atoms with Gasteiger partial charge in [-0.15, -0.1) is 0 Å². The molecule has 12 rings (SSSR count). The Bertz CT molecular complexity index is 2940. The van der Waals surface area contributed by atoms with Crippen molar-refractivity contribution < 1.29 is 23.5 Å². The lowest BCUT2D eigenvalue weighted by atomic mass is 9.87. The van der Waals surface area contributed by atoms with E-state index in [0.717, 1.165) is 90.3 Å². The molecule has 0 saturated carbocycles. The predicted molar refractivity (Wildman–Crippen MR) is 255 cm³/mol. The number of hydrogen-bond donors (Lipinski definition) is 2. The molecule has 6 saturated heterocycles. The SMILES string of the molecule is COc1ccnc(CN2C3CC2CN(c2ccc(-c4cc(-c5cnn(C6CCN(C(=O)CN7CCC(c8ccc(NC9CCC(=O)NC9=O)cc8F)CC7)CC6)c5)cn5ncc(C#N)c45)cn2)C3)c1. The molecule has 2 N–H and O–H groups in total. The van der Waals surface area contributed by atoms with Crippen molar-refractivity contribution in [3.05, 3.63) is 108 Å². The molecule has 0 spiro atoms. The second-order valence-electron chi connectivity index (χ2n) is 19.1. The van der Waals surface area contributed by atoms with E-state index >= 15 is 4.39 Å². The van der Waals surface area contributed by atoms with Crippen LogP contribution in [0.15, 0.2) is 85.7 Å². The van der Waals surface area contributed by atoms with E-state index in [1.54, 1.807) is 36.2 Å². The second-order valence-corrected chi connectivity index (χ2v) is 19.1. The number of piperazine rings is 1. The number of imide groups is 1. The van der Waals surface area contributed by atoms with Crippen molar-refractivity contribution in [3.63, 3.8) is 0 Å². The number of carbonyl (C=O) groups is 3. The van der Waals surface area contributed by atoms with Crippen LogP contribution in [0, 0.1) is 17.1 Å². The Kier molecular flexibility index (Phi) is 12.0. The summed E-state index contributed by atoms with van der Waals surface area (Å²) in [5.41, 5.74) is 7.00. The Labute approximate surface area is 398 Å². The highest BCUT2D eigenvalue weighted by Crippen LogP contribution is 2.38. The van der Waals surface area contributed by atoms with Crippen LogP contribution in [0.3, 0.4) is 0 Å². The molecule has 3 unspecified atom stereocenters. The van der Waals surface area contributed by atoms with E-state index in [4.69, 9.17) is 14.8 Å². The minimum atomic E-state index is -0.572. The number of fused-ring (bicyclic) bond motifs is 3. The van der Waals surface area contributed by atoms with Gasteiger partial charge in [0.25, 0.3) is 0 Å². The Morgan fingerprint density at radius 2 is 1.71 bits per heavy atom. The molecule has 3 atom stereocenters. The highest BCUT2D eigenvalue weighted by atomic mass is 19.1. The highest BCUT2D eigenvalue weighted by Gasteiger charge is 2.45. The van der Waals surface area contributed by atoms with Gasteiger partial charge in [0.2, 0.25) is 17.7 Å². The van der Waals surface area contributed by atoms with Crippen LogP contribution in [0.25, 0.3) is 27.8 Å². The minimum Gasteiger partial charge on any atom is -0.497 e. The quantitative estimate of drug-likeness (QED) is 0.149. The van der Waals surface area contributed by atoms with Gasteiger partial charge in [0.1, 0.15) is 29.5 Å². The Balaban J connectivity index is 0.686. The van der Waals surface area contributed by atoms with Crippen LogP contribution in [-0.2, 0) is 20.9 Å². The van der Waals surface area contributed by atoms with Gasteiger partial charge < -0.3 is 19.9 Å². The molecule has 6 aliphatic heterocycles. The summed E-state index contributed by atoms with van der Waals surface area (Å²) in [6, 6.07) is 17.9. The summed E-state index contributed by atoms with van der Waals surface area (Å²) in [5, 5.41) is 24.8. The predicted octanol–water partition coefficient (Wildman–Crippen LogP) is 5.40. The van der Waals surface area contributed by atoms with Gasteiger partial charge in [0, 0.05) is 110 Å². The zero-order valence-corrected chi connectivity index (χ0v) is 38.5. The number of pyridine rings is 3. The number of benzene rings is 1. The van der Waals surface area contributed by atoms with Crippen molar-refractivity contribution in [1.29, 1.82) is 5.26 Å². The number of piperidine rings is 4. The third-order valence-corrected chi connectivity index (χ3v) is 14.9. The smallest absolute Gasteiger partial charge is 0.249 e. The largest absolute Gasteiger partial charge is 0.497 e. The number of nitriles is 1. The number of nitrogens with zero attached hydrogens (tertiary/aromatic N) is 11. The van der Waals surface area contributed by atoms with Crippen LogP contribution in [0.2, 0.25) is 0 Å². The second kappa shape index (κ2) is 18.7. The average molecular weight is 932 g/mol. The van der Waals surface area contributed by atoms with Crippen LogP contribution in [0.1, 0.15) is 73.7 Å². The highest BCUT2D eigenvalue weighted by molar-refractivity contribution is 6.01. The fourth-order valence-electron chi connectivity index (χ4n) is 11.0. The Morgan fingerprint density at radius 1 is 0.884 bits per heavy atom. The molecule has 3 amide bonds. The number of likely N-dealkylation sites (tertiary alicyclic amines) is 2. The number of methoxy groups -OCH3 is 1. The number of aromatic nitrogens is 6. The lowest BCUT2D eigenvalue weighted by Gasteiger charge is -2.56. The van der Waals surface area contributed by atoms with Gasteiger partial charge in [0.15, 0.2) is 0 Å². The third-order valence-electron chi connectivity index (χ3n) is 14.9. The van der Waals surface area contributed by atoms with Gasteiger partial charge in [-0.05, 0) is 99.5 Å². The molecule has 18 heteroatoms. The van der Waals surface area contributed by atoms with Gasteiger partial charge in [-0.3, -0.25) is 39.2 Å². The van der Waals surface area contributed by atoms with E-state index in [2.05, 4.69) is 65.9 Å². The molecule has 1 aromatic carbocycles. The van der Waals surface area contributed by atoms with Crippen molar-refractivity contribution in [1.82, 2.24) is 49.4 Å². The number of carbonyl (C=O) groups excluding carboxylic acids is 3. The minimum absolute atomic E-state index is 0.0426. The molecule has 0 aliphatic carbocycles. The number of amides is 3. The van der Waals surface area contributed by atoms with Gasteiger partial charge in [0.05, 0.1) is 48.9 Å². The topological polar surface area (TPSA) is 182 Å². The van der Waals surface area contributed by atoms with E-state index in [0.29, 0.717) is 68.0 Å². The van der Waals surface area contributed by atoms with Crippen molar-refractivity contribution >= 4 is 34.7 Å². The molecule has 6 fully saturated rings. The number of hydrogen-bond acceptors (Lipinski definition) is 13. The first-order valence-corrected chi connectivity index (χ1v) is 24.0. The zero-order chi connectivity index (χ0) is 47.2. The molecule has 69 heavy (non-hydrogen) atoms. The van der Waals surface area contributed by atoms with Crippen molar-refractivity contribution in [2.45, 2.75) is 81.6 Å². The molecule has 354 valence electrons. The number of ether oxygens (including phenoxy) is 1. The van der Waals surface area contributed by atoms with Crippen LogP contribution < -0.4 is 20.3 Å². The maximum Gasteiger partial charge on any atom is 0.249 e. The van der Waals surface area contributed by atoms with E-state index in [1.165, 1.54) is 12.5 Å². The standard InChI is InChI=1S/C51H54FN13O4/c1-69-42-8-13-54-38(19-42)28-63-40-21-41(63)30-62(29-40)47-6-2-33(23-55-47)44-18-34(26-65-50(44)35(22-53)24-57-65)36-25-56-64(27-36)39-11-16-61(17-12-39)49(67)31-60-14-9-32(10-15-60)43-4-3-37(20-45(43)52)58-46-5-7-48(66)59-51(46)68/h2-4,6,8,13,18-20,23-27,32,39-41,46,58H,5,7,9-12,14-17,21,28-31H2,1H3,(H,59,66,68). The first kappa shape index (κ1) is 44.3. The Morgan fingerprint density at radius 3 is 2.45 bits per heavy atom. The average Bonchev–Trinajstić information content (AvgIpc) is 4.05. The maximum absolute atomic E-state index is 15.3. The summed E-state index contributed by atoms with van der Waals surface area (Å²) < 4.78 is 24.5. The lowest BCUT2D eigenvalue weighted by molar-refractivity contribution is -0.135. The summed E-state index contributed by atoms with van der Waals surface area (Å²) in [6.07, 6.45) is 16.0. The van der Waals surface area contributed by atoms with Crippen LogP contribution in [0.5, 0.6) is 5.75 Å². The molecule has 2 bridgehead atoms. The number of nitrogens with one attached hydrogen (secondary N) is 2. The molecular weight excluding hydrogens is 878 g/mol. The van der Waals surface area contributed by atoms with Crippen molar-refractivity contribution in [2.24, 2.45) is 0 Å². The summed E-state index contributed by atoms with van der Waals surface area (Å²) >= 11 is 0. The first-order valence-electron chi connectivity index (χ1n) is 24.0. The third kappa shape index (κ3) is 8.99. The van der Waals surface area contributed by atoms with E-state index in [9.17, 15) is 19.6 Å². The monoisotopic (exact) mass is 931 g/mol. The van der Waals surface area contributed by atoms with Crippen LogP contribution in [0.4, 0.5) is 15.9 Å². The van der Waals surface area contributed by atoms with E-state index < -0.39 is 11.9 Å². The first-order chi connectivity index (χ1) is 33.7. The number of anilines is 2. The molecule has 5 aromatic heterocycles. The van der Waals surface area contributed by atoms with Crippen molar-refractivity contribution in [2.75, 3.05) is 63.1 Å². The summed E-state index contributed by atoms with van der Waals surface area (Å²) in [4.78, 5) is 55.7. The van der Waals surface area contributed by atoms with E-state index in [-0.39, 0.29) is 36.0 Å². The number of halogens is 1.